The van der Waals surface area contributed by atoms with Gasteiger partial charge in [0.05, 0.1) is 29.1 Å². The van der Waals surface area contributed by atoms with Gasteiger partial charge in [0.15, 0.2) is 0 Å². The maximum atomic E-state index is 12.4. The molecule has 25 heavy (non-hydrogen) atoms. The molecule has 0 radical (unpaired) electrons. The summed E-state index contributed by atoms with van der Waals surface area (Å²) in [7, 11) is 0. The smallest absolute Gasteiger partial charge is 0.249 e. The van der Waals surface area contributed by atoms with Gasteiger partial charge in [0.1, 0.15) is 6.04 Å². The number of benzene rings is 1. The Labute approximate surface area is 151 Å². The molecule has 0 fully saturated rings. The molecule has 0 bridgehead atoms. The van der Waals surface area contributed by atoms with Gasteiger partial charge >= 0.3 is 0 Å². The van der Waals surface area contributed by atoms with E-state index >= 15 is 0 Å². The molecular weight excluding hydrogens is 338 g/mol. The summed E-state index contributed by atoms with van der Waals surface area (Å²) >= 11 is 6.00. The number of nitrogens with zero attached hydrogens (tertiary/aromatic N) is 4. The second-order valence-electron chi connectivity index (χ2n) is 6.06. The fourth-order valence-electron chi connectivity index (χ4n) is 2.50. The maximum absolute atomic E-state index is 12.4. The van der Waals surface area contributed by atoms with Crippen molar-refractivity contribution in [3.05, 3.63) is 64.7 Å². The van der Waals surface area contributed by atoms with Crippen molar-refractivity contribution in [2.75, 3.05) is 5.32 Å². The van der Waals surface area contributed by atoms with E-state index < -0.39 is 6.04 Å². The molecule has 6 nitrogen and oxygen atoms in total. The lowest BCUT2D eigenvalue weighted by atomic mass is 10.1. The molecule has 7 heteroatoms. The van der Waals surface area contributed by atoms with Gasteiger partial charge < -0.3 is 5.32 Å². The molecule has 0 aliphatic carbocycles. The Kier molecular flexibility index (Phi) is 4.90. The molecule has 130 valence electrons. The molecule has 0 saturated heterocycles. The van der Waals surface area contributed by atoms with Crippen LogP contribution in [0.4, 0.5) is 5.69 Å². The Bertz CT molecular complexity index is 879. The number of aryl methyl sites for hydroxylation is 2. The predicted molar refractivity (Wildman–Crippen MR) is 97.8 cm³/mol. The molecule has 1 aromatic carbocycles. The van der Waals surface area contributed by atoms with Crippen molar-refractivity contribution in [2.45, 2.75) is 33.4 Å². The van der Waals surface area contributed by atoms with Gasteiger partial charge in [-0.15, -0.1) is 0 Å². The summed E-state index contributed by atoms with van der Waals surface area (Å²) in [5.74, 6) is -0.172. The molecule has 0 aliphatic heterocycles. The van der Waals surface area contributed by atoms with Crippen molar-refractivity contribution in [3.8, 4) is 0 Å². The van der Waals surface area contributed by atoms with E-state index in [9.17, 15) is 4.79 Å². The Morgan fingerprint density at radius 2 is 2.04 bits per heavy atom. The number of anilines is 1. The first-order valence-electron chi connectivity index (χ1n) is 8.03. The largest absolute Gasteiger partial charge is 0.322 e. The van der Waals surface area contributed by atoms with Crippen molar-refractivity contribution in [1.82, 2.24) is 19.6 Å². The summed E-state index contributed by atoms with van der Waals surface area (Å²) in [5.41, 5.74) is 3.76. The van der Waals surface area contributed by atoms with E-state index in [1.165, 1.54) is 11.1 Å². The first kappa shape index (κ1) is 17.2. The number of hydrogen-bond donors (Lipinski definition) is 1. The summed E-state index contributed by atoms with van der Waals surface area (Å²) in [6.45, 7) is 6.31. The number of rotatable bonds is 5. The molecule has 0 spiro atoms. The van der Waals surface area contributed by atoms with Gasteiger partial charge in [0.25, 0.3) is 0 Å². The lowest BCUT2D eigenvalue weighted by Gasteiger charge is -2.11. The summed E-state index contributed by atoms with van der Waals surface area (Å²) in [5, 5.41) is 12.0. The first-order chi connectivity index (χ1) is 11.9. The zero-order chi connectivity index (χ0) is 18.0. The van der Waals surface area contributed by atoms with Gasteiger partial charge in [-0.05, 0) is 31.9 Å². The number of amides is 1. The van der Waals surface area contributed by atoms with Gasteiger partial charge in [-0.2, -0.15) is 10.2 Å². The quantitative estimate of drug-likeness (QED) is 0.758. The van der Waals surface area contributed by atoms with Gasteiger partial charge in [0.2, 0.25) is 5.91 Å². The van der Waals surface area contributed by atoms with Crippen molar-refractivity contribution in [1.29, 1.82) is 0 Å². The molecule has 1 unspecified atom stereocenters. The molecule has 3 aromatic rings. The number of nitrogens with one attached hydrogen (secondary N) is 1. The lowest BCUT2D eigenvalue weighted by Crippen LogP contribution is -2.23. The average molecular weight is 358 g/mol. The standard InChI is InChI=1S/C18H20ClN5O/c1-12-6-4-5-7-15(12)9-23-10-16(8-20-23)21-18(25)14(3)24-11-17(19)13(2)22-24/h4-8,10-11,14H,9H2,1-3H3,(H,21,25). The third-order valence-corrected chi connectivity index (χ3v) is 4.50. The lowest BCUT2D eigenvalue weighted by molar-refractivity contribution is -0.119. The third kappa shape index (κ3) is 3.91. The molecular formula is C18H20ClN5O. The maximum Gasteiger partial charge on any atom is 0.249 e. The second-order valence-corrected chi connectivity index (χ2v) is 6.47. The van der Waals surface area contributed by atoms with Crippen LogP contribution in [-0.2, 0) is 11.3 Å². The summed E-state index contributed by atoms with van der Waals surface area (Å²) in [4.78, 5) is 12.4. The summed E-state index contributed by atoms with van der Waals surface area (Å²) in [6.07, 6.45) is 5.12. The van der Waals surface area contributed by atoms with Crippen LogP contribution in [0.5, 0.6) is 0 Å². The van der Waals surface area contributed by atoms with Crippen LogP contribution in [0.15, 0.2) is 42.9 Å². The van der Waals surface area contributed by atoms with Gasteiger partial charge in [-0.25, -0.2) is 0 Å². The Morgan fingerprint density at radius 3 is 2.72 bits per heavy atom. The van der Waals surface area contributed by atoms with Crippen LogP contribution >= 0.6 is 11.6 Å². The van der Waals surface area contributed by atoms with Crippen LogP contribution in [0, 0.1) is 13.8 Å². The van der Waals surface area contributed by atoms with E-state index in [-0.39, 0.29) is 5.91 Å². The Balaban J connectivity index is 1.66. The molecule has 1 atom stereocenters. The van der Waals surface area contributed by atoms with Gasteiger partial charge in [-0.1, -0.05) is 35.9 Å². The highest BCUT2D eigenvalue weighted by Crippen LogP contribution is 2.17. The van der Waals surface area contributed by atoms with Crippen LogP contribution in [-0.4, -0.2) is 25.5 Å². The van der Waals surface area contributed by atoms with Crippen LogP contribution < -0.4 is 5.32 Å². The van der Waals surface area contributed by atoms with E-state index in [2.05, 4.69) is 34.6 Å². The fourth-order valence-corrected chi connectivity index (χ4v) is 2.64. The normalized spacial score (nSPS) is 12.2. The SMILES string of the molecule is Cc1ccccc1Cn1cc(NC(=O)C(C)n2cc(Cl)c(C)n2)cn1. The topological polar surface area (TPSA) is 64.7 Å². The third-order valence-electron chi connectivity index (χ3n) is 4.13. The zero-order valence-electron chi connectivity index (χ0n) is 14.4. The minimum Gasteiger partial charge on any atom is -0.322 e. The van der Waals surface area contributed by atoms with Crippen LogP contribution in [0.3, 0.4) is 0 Å². The number of carbonyl (C=O) groups is 1. The number of hydrogen-bond acceptors (Lipinski definition) is 3. The molecule has 0 saturated carbocycles. The van der Waals surface area contributed by atoms with Crippen LogP contribution in [0.25, 0.3) is 0 Å². The first-order valence-corrected chi connectivity index (χ1v) is 8.41. The molecule has 3 rings (SSSR count). The molecule has 2 aromatic heterocycles. The van der Waals surface area contributed by atoms with Gasteiger partial charge in [0, 0.05) is 12.4 Å². The summed E-state index contributed by atoms with van der Waals surface area (Å²) in [6, 6.07) is 7.69. The van der Waals surface area contributed by atoms with E-state index in [0.29, 0.717) is 22.9 Å². The van der Waals surface area contributed by atoms with E-state index in [1.807, 2.05) is 18.3 Å². The van der Waals surface area contributed by atoms with Crippen molar-refractivity contribution >= 4 is 23.2 Å². The van der Waals surface area contributed by atoms with Crippen LogP contribution in [0.1, 0.15) is 29.8 Å². The molecule has 2 heterocycles. The highest BCUT2D eigenvalue weighted by atomic mass is 35.5. The number of aromatic nitrogens is 4. The molecule has 1 amide bonds. The van der Waals surface area contributed by atoms with Crippen molar-refractivity contribution in [3.63, 3.8) is 0 Å². The minimum absolute atomic E-state index is 0.172. The predicted octanol–water partition coefficient (Wildman–Crippen LogP) is 3.60. The second kappa shape index (κ2) is 7.11. The minimum atomic E-state index is -0.467. The highest BCUT2D eigenvalue weighted by Gasteiger charge is 2.18. The number of halogens is 1. The van der Waals surface area contributed by atoms with E-state index in [4.69, 9.17) is 11.6 Å². The number of carbonyl (C=O) groups excluding carboxylic acids is 1. The molecule has 0 aliphatic rings. The fraction of sp³-hybridized carbons (Fsp3) is 0.278. The van der Waals surface area contributed by atoms with Crippen molar-refractivity contribution < 1.29 is 4.79 Å². The van der Waals surface area contributed by atoms with Crippen molar-refractivity contribution in [2.24, 2.45) is 0 Å². The van der Waals surface area contributed by atoms with E-state index in [0.717, 1.165) is 0 Å². The Hall–Kier alpha value is -2.60. The molecule has 1 N–H and O–H groups in total. The average Bonchev–Trinajstić information content (AvgIpc) is 3.15. The summed E-state index contributed by atoms with van der Waals surface area (Å²) < 4.78 is 3.36. The van der Waals surface area contributed by atoms with Crippen LogP contribution in [0.2, 0.25) is 5.02 Å². The highest BCUT2D eigenvalue weighted by molar-refractivity contribution is 6.31. The van der Waals surface area contributed by atoms with E-state index in [1.54, 1.807) is 35.6 Å². The Morgan fingerprint density at radius 1 is 1.28 bits per heavy atom. The van der Waals surface area contributed by atoms with Gasteiger partial charge in [-0.3, -0.25) is 14.2 Å². The monoisotopic (exact) mass is 357 g/mol. The zero-order valence-corrected chi connectivity index (χ0v) is 15.2.